The monoisotopic (exact) mass is 311 g/mol. The van der Waals surface area contributed by atoms with Gasteiger partial charge < -0.3 is 5.11 Å². The van der Waals surface area contributed by atoms with Gasteiger partial charge in [0.1, 0.15) is 4.90 Å². The molecule has 20 heavy (non-hydrogen) atoms. The lowest BCUT2D eigenvalue weighted by molar-refractivity contribution is 0.0698. The van der Waals surface area contributed by atoms with Crippen LogP contribution in [0.3, 0.4) is 0 Å². The summed E-state index contributed by atoms with van der Waals surface area (Å²) in [6, 6.07) is 7.48. The lowest BCUT2D eigenvalue weighted by Gasteiger charge is -2.10. The number of aromatic carboxylic acids is 1. The van der Waals surface area contributed by atoms with Gasteiger partial charge in [0, 0.05) is 9.75 Å². The molecule has 0 aliphatic carbocycles. The first-order chi connectivity index (χ1) is 9.31. The maximum absolute atomic E-state index is 12.3. The second-order valence-corrected chi connectivity index (χ2v) is 7.34. The predicted molar refractivity (Wildman–Crippen MR) is 78.0 cm³/mol. The minimum absolute atomic E-state index is 0.0586. The number of thiophene rings is 1. The molecule has 0 spiro atoms. The smallest absolute Gasteiger partial charge is 0.337 e. The molecule has 0 atom stereocenters. The molecule has 5 nitrogen and oxygen atoms in total. The minimum Gasteiger partial charge on any atom is -0.478 e. The first-order valence-corrected chi connectivity index (χ1v) is 8.03. The number of aryl methyl sites for hydroxylation is 2. The van der Waals surface area contributed by atoms with Crippen LogP contribution >= 0.6 is 11.3 Å². The molecule has 0 saturated carbocycles. The van der Waals surface area contributed by atoms with Crippen LogP contribution in [0.25, 0.3) is 0 Å². The zero-order valence-electron chi connectivity index (χ0n) is 10.9. The molecule has 0 radical (unpaired) electrons. The number of anilines is 1. The zero-order chi connectivity index (χ0) is 14.9. The van der Waals surface area contributed by atoms with E-state index in [9.17, 15) is 13.2 Å². The van der Waals surface area contributed by atoms with E-state index in [1.165, 1.54) is 23.5 Å². The Balaban J connectivity index is 2.44. The van der Waals surface area contributed by atoms with Crippen molar-refractivity contribution in [1.29, 1.82) is 0 Å². The Morgan fingerprint density at radius 3 is 2.45 bits per heavy atom. The molecule has 1 heterocycles. The molecule has 1 aromatic heterocycles. The number of nitrogens with one attached hydrogen (secondary N) is 1. The van der Waals surface area contributed by atoms with Gasteiger partial charge >= 0.3 is 5.97 Å². The molecule has 0 aliphatic heterocycles. The molecule has 0 aliphatic rings. The van der Waals surface area contributed by atoms with E-state index < -0.39 is 16.0 Å². The van der Waals surface area contributed by atoms with Gasteiger partial charge in [0.05, 0.1) is 11.3 Å². The van der Waals surface area contributed by atoms with Gasteiger partial charge in [0.15, 0.2) is 0 Å². The first-order valence-electron chi connectivity index (χ1n) is 5.73. The maximum Gasteiger partial charge on any atom is 0.337 e. The van der Waals surface area contributed by atoms with Gasteiger partial charge in [-0.1, -0.05) is 12.1 Å². The number of carboxylic acid groups (broad SMARTS) is 1. The number of sulfonamides is 1. The Morgan fingerprint density at radius 2 is 1.90 bits per heavy atom. The van der Waals surface area contributed by atoms with Crippen LogP contribution in [0.2, 0.25) is 0 Å². The zero-order valence-corrected chi connectivity index (χ0v) is 12.5. The van der Waals surface area contributed by atoms with E-state index >= 15 is 0 Å². The summed E-state index contributed by atoms with van der Waals surface area (Å²) in [7, 11) is -3.78. The first kappa shape index (κ1) is 14.5. The van der Waals surface area contributed by atoms with Gasteiger partial charge in [-0.25, -0.2) is 13.2 Å². The second kappa shape index (κ2) is 5.26. The lowest BCUT2D eigenvalue weighted by atomic mass is 10.2. The van der Waals surface area contributed by atoms with Crippen molar-refractivity contribution in [3.63, 3.8) is 0 Å². The van der Waals surface area contributed by atoms with Crippen LogP contribution in [-0.2, 0) is 10.0 Å². The van der Waals surface area contributed by atoms with Crippen molar-refractivity contribution in [3.8, 4) is 0 Å². The number of para-hydroxylation sites is 1. The van der Waals surface area contributed by atoms with E-state index in [1.807, 2.05) is 6.92 Å². The van der Waals surface area contributed by atoms with Gasteiger partial charge in [-0.15, -0.1) is 11.3 Å². The Bertz CT molecular complexity index is 762. The summed E-state index contributed by atoms with van der Waals surface area (Å²) in [5, 5.41) is 9.06. The van der Waals surface area contributed by atoms with Crippen LogP contribution < -0.4 is 4.72 Å². The van der Waals surface area contributed by atoms with Crippen molar-refractivity contribution in [2.75, 3.05) is 4.72 Å². The van der Waals surface area contributed by atoms with Crippen LogP contribution in [0.15, 0.2) is 35.2 Å². The molecule has 0 amide bonds. The van der Waals surface area contributed by atoms with Crippen LogP contribution in [0.4, 0.5) is 5.69 Å². The van der Waals surface area contributed by atoms with E-state index in [-0.39, 0.29) is 16.1 Å². The number of rotatable bonds is 4. The lowest BCUT2D eigenvalue weighted by Crippen LogP contribution is -2.15. The van der Waals surface area contributed by atoms with Crippen molar-refractivity contribution in [2.24, 2.45) is 0 Å². The summed E-state index contributed by atoms with van der Waals surface area (Å²) < 4.78 is 27.0. The van der Waals surface area contributed by atoms with Crippen LogP contribution in [0.1, 0.15) is 20.1 Å². The van der Waals surface area contributed by atoms with Gasteiger partial charge in [-0.05, 0) is 32.0 Å². The third kappa shape index (κ3) is 2.83. The number of carbonyl (C=O) groups is 1. The number of hydrogen-bond donors (Lipinski definition) is 2. The molecule has 0 bridgehead atoms. The summed E-state index contributed by atoms with van der Waals surface area (Å²) >= 11 is 1.38. The fourth-order valence-electron chi connectivity index (χ4n) is 1.83. The SMILES string of the molecule is Cc1cc(S(=O)(=O)Nc2ccccc2C(=O)O)c(C)s1. The summed E-state index contributed by atoms with van der Waals surface area (Å²) in [5.41, 5.74) is -0.0241. The van der Waals surface area contributed by atoms with Crippen LogP contribution in [-0.4, -0.2) is 19.5 Å². The highest BCUT2D eigenvalue weighted by molar-refractivity contribution is 7.93. The van der Waals surface area contributed by atoms with Gasteiger partial charge in [-0.2, -0.15) is 0 Å². The standard InChI is InChI=1S/C13H13NO4S2/c1-8-7-12(9(2)19-8)20(17,18)14-11-6-4-3-5-10(11)13(15)16/h3-7,14H,1-2H3,(H,15,16). The van der Waals surface area contributed by atoms with Crippen molar-refractivity contribution < 1.29 is 18.3 Å². The van der Waals surface area contributed by atoms with E-state index in [2.05, 4.69) is 4.72 Å². The van der Waals surface area contributed by atoms with Crippen molar-refractivity contribution in [3.05, 3.63) is 45.6 Å². The fraction of sp³-hybridized carbons (Fsp3) is 0.154. The van der Waals surface area contributed by atoms with Crippen molar-refractivity contribution in [2.45, 2.75) is 18.7 Å². The number of carboxylic acids is 1. The molecule has 2 rings (SSSR count). The molecule has 1 aromatic carbocycles. The second-order valence-electron chi connectivity index (χ2n) is 4.23. The molecule has 0 fully saturated rings. The van der Waals surface area contributed by atoms with Crippen LogP contribution in [0.5, 0.6) is 0 Å². The fourth-order valence-corrected chi connectivity index (χ4v) is 4.47. The minimum atomic E-state index is -3.78. The molecule has 0 saturated heterocycles. The Morgan fingerprint density at radius 1 is 1.25 bits per heavy atom. The molecule has 0 unspecified atom stereocenters. The van der Waals surface area contributed by atoms with Crippen molar-refractivity contribution in [1.82, 2.24) is 0 Å². The van der Waals surface area contributed by atoms with E-state index in [0.29, 0.717) is 4.88 Å². The molecule has 106 valence electrons. The van der Waals surface area contributed by atoms with Gasteiger partial charge in [0.2, 0.25) is 0 Å². The van der Waals surface area contributed by atoms with Gasteiger partial charge in [0.25, 0.3) is 10.0 Å². The van der Waals surface area contributed by atoms with E-state index in [1.54, 1.807) is 25.1 Å². The quantitative estimate of drug-likeness (QED) is 0.909. The highest BCUT2D eigenvalue weighted by Gasteiger charge is 2.21. The molecule has 2 aromatic rings. The maximum atomic E-state index is 12.3. The molecular weight excluding hydrogens is 298 g/mol. The number of hydrogen-bond acceptors (Lipinski definition) is 4. The highest BCUT2D eigenvalue weighted by Crippen LogP contribution is 2.27. The largest absolute Gasteiger partial charge is 0.478 e. The van der Waals surface area contributed by atoms with Crippen LogP contribution in [0, 0.1) is 13.8 Å². The predicted octanol–water partition coefficient (Wildman–Crippen LogP) is 2.86. The van der Waals surface area contributed by atoms with E-state index in [4.69, 9.17) is 5.11 Å². The molecular formula is C13H13NO4S2. The van der Waals surface area contributed by atoms with E-state index in [0.717, 1.165) is 4.88 Å². The summed E-state index contributed by atoms with van der Waals surface area (Å²) in [5.74, 6) is -1.18. The summed E-state index contributed by atoms with van der Waals surface area (Å²) in [4.78, 5) is 12.8. The summed E-state index contributed by atoms with van der Waals surface area (Å²) in [6.07, 6.45) is 0. The summed E-state index contributed by atoms with van der Waals surface area (Å²) in [6.45, 7) is 3.54. The third-order valence-corrected chi connectivity index (χ3v) is 5.27. The molecule has 7 heteroatoms. The Labute approximate surface area is 120 Å². The highest BCUT2D eigenvalue weighted by atomic mass is 32.2. The Hall–Kier alpha value is -1.86. The average molecular weight is 311 g/mol. The Kier molecular flexibility index (Phi) is 3.82. The molecule has 2 N–H and O–H groups in total. The topological polar surface area (TPSA) is 83.5 Å². The van der Waals surface area contributed by atoms with Crippen molar-refractivity contribution >= 4 is 33.0 Å². The number of benzene rings is 1. The third-order valence-electron chi connectivity index (χ3n) is 2.69. The average Bonchev–Trinajstić information content (AvgIpc) is 2.69. The van der Waals surface area contributed by atoms with Gasteiger partial charge in [-0.3, -0.25) is 4.72 Å². The normalized spacial score (nSPS) is 11.3.